The second kappa shape index (κ2) is 6.65. The molecule has 0 bridgehead atoms. The fourth-order valence-electron chi connectivity index (χ4n) is 2.56. The van der Waals surface area contributed by atoms with Crippen LogP contribution in [0.2, 0.25) is 0 Å². The van der Waals surface area contributed by atoms with Gasteiger partial charge in [-0.05, 0) is 56.5 Å². The minimum Gasteiger partial charge on any atom is -0.320 e. The largest absolute Gasteiger partial charge is 0.320 e. The average Bonchev–Trinajstić information content (AvgIpc) is 3.17. The van der Waals surface area contributed by atoms with E-state index >= 15 is 0 Å². The number of amides is 1. The maximum atomic E-state index is 12.4. The molecule has 1 fully saturated rings. The van der Waals surface area contributed by atoms with E-state index in [0.717, 1.165) is 31.9 Å². The molecule has 1 amide bonds. The van der Waals surface area contributed by atoms with Crippen LogP contribution in [-0.2, 0) is 0 Å². The molecule has 1 saturated carbocycles. The van der Waals surface area contributed by atoms with Gasteiger partial charge in [-0.15, -0.1) is 11.3 Å². The Morgan fingerprint density at radius 2 is 2.16 bits per heavy atom. The molecule has 0 atom stereocenters. The van der Waals surface area contributed by atoms with Crippen molar-refractivity contribution in [3.8, 4) is 0 Å². The van der Waals surface area contributed by atoms with Crippen LogP contribution in [0, 0.1) is 13.8 Å². The minimum atomic E-state index is -0.179. The summed E-state index contributed by atoms with van der Waals surface area (Å²) in [5.74, 6) is 0.379. The number of rotatable bonds is 5. The van der Waals surface area contributed by atoms with Gasteiger partial charge in [0.15, 0.2) is 10.0 Å². The topological polar surface area (TPSA) is 70.7 Å². The van der Waals surface area contributed by atoms with Crippen LogP contribution >= 0.6 is 23.1 Å². The maximum absolute atomic E-state index is 12.4. The SMILES string of the molecule is Cc1csc(Sc2ccc(NC(=O)c3cc(C4CC4)[nH]n3)c(C)c2)n1. The summed E-state index contributed by atoms with van der Waals surface area (Å²) in [4.78, 5) is 18.0. The van der Waals surface area contributed by atoms with Crippen molar-refractivity contribution in [3.05, 3.63) is 52.3 Å². The molecule has 2 N–H and O–H groups in total. The summed E-state index contributed by atoms with van der Waals surface area (Å²) in [6, 6.07) is 7.86. The minimum absolute atomic E-state index is 0.179. The highest BCUT2D eigenvalue weighted by molar-refractivity contribution is 8.01. The van der Waals surface area contributed by atoms with Gasteiger partial charge in [-0.3, -0.25) is 9.89 Å². The number of carbonyl (C=O) groups excluding carboxylic acids is 1. The van der Waals surface area contributed by atoms with Crippen molar-refractivity contribution in [2.75, 3.05) is 5.32 Å². The summed E-state index contributed by atoms with van der Waals surface area (Å²) >= 11 is 3.28. The third kappa shape index (κ3) is 3.77. The van der Waals surface area contributed by atoms with Gasteiger partial charge in [-0.25, -0.2) is 4.98 Å². The van der Waals surface area contributed by atoms with E-state index in [9.17, 15) is 4.79 Å². The first-order valence-corrected chi connectivity index (χ1v) is 9.85. The van der Waals surface area contributed by atoms with Gasteiger partial charge in [0.25, 0.3) is 5.91 Å². The van der Waals surface area contributed by atoms with Crippen molar-refractivity contribution in [3.63, 3.8) is 0 Å². The van der Waals surface area contributed by atoms with Gasteiger partial charge >= 0.3 is 0 Å². The van der Waals surface area contributed by atoms with Crippen molar-refractivity contribution >= 4 is 34.7 Å². The Morgan fingerprint density at radius 1 is 1.32 bits per heavy atom. The number of hydrogen-bond donors (Lipinski definition) is 2. The zero-order valence-electron chi connectivity index (χ0n) is 14.0. The first kappa shape index (κ1) is 16.4. The van der Waals surface area contributed by atoms with E-state index < -0.39 is 0 Å². The lowest BCUT2D eigenvalue weighted by Crippen LogP contribution is -2.13. The summed E-state index contributed by atoms with van der Waals surface area (Å²) in [6.45, 7) is 3.99. The Kier molecular flexibility index (Phi) is 4.35. The van der Waals surface area contributed by atoms with Crippen molar-refractivity contribution in [1.82, 2.24) is 15.2 Å². The van der Waals surface area contributed by atoms with Crippen LogP contribution in [0.25, 0.3) is 0 Å². The van der Waals surface area contributed by atoms with Crippen LogP contribution < -0.4 is 5.32 Å². The molecule has 0 unspecified atom stereocenters. The molecule has 25 heavy (non-hydrogen) atoms. The van der Waals surface area contributed by atoms with Crippen molar-refractivity contribution in [1.29, 1.82) is 0 Å². The highest BCUT2D eigenvalue weighted by Gasteiger charge is 2.26. The van der Waals surface area contributed by atoms with Crippen LogP contribution in [0.3, 0.4) is 0 Å². The van der Waals surface area contributed by atoms with Crippen molar-refractivity contribution in [2.24, 2.45) is 0 Å². The third-order valence-electron chi connectivity index (χ3n) is 4.10. The summed E-state index contributed by atoms with van der Waals surface area (Å²) in [5, 5.41) is 12.1. The van der Waals surface area contributed by atoms with E-state index in [2.05, 4.69) is 26.6 Å². The molecule has 2 aromatic heterocycles. The highest BCUT2D eigenvalue weighted by Crippen LogP contribution is 2.39. The Hall–Kier alpha value is -2.12. The number of aryl methyl sites for hydroxylation is 2. The number of aromatic amines is 1. The predicted molar refractivity (Wildman–Crippen MR) is 101 cm³/mol. The van der Waals surface area contributed by atoms with E-state index in [1.54, 1.807) is 23.1 Å². The van der Waals surface area contributed by atoms with E-state index in [1.165, 1.54) is 12.8 Å². The Labute approximate surface area is 154 Å². The predicted octanol–water partition coefficient (Wildman–Crippen LogP) is 4.76. The van der Waals surface area contributed by atoms with Gasteiger partial charge in [0, 0.05) is 33.3 Å². The third-order valence-corrected chi connectivity index (χ3v) is 6.14. The van der Waals surface area contributed by atoms with Gasteiger partial charge in [0.1, 0.15) is 0 Å². The number of thiazole rings is 1. The van der Waals surface area contributed by atoms with Crippen molar-refractivity contribution < 1.29 is 4.79 Å². The molecule has 4 rings (SSSR count). The number of benzene rings is 1. The lowest BCUT2D eigenvalue weighted by atomic mass is 10.2. The standard InChI is InChI=1S/C18H18N4OS2/c1-10-7-13(25-18-19-11(2)9-24-18)5-6-14(10)20-17(23)16-8-15(21-22-16)12-3-4-12/h5-9,12H,3-4H2,1-2H3,(H,20,23)(H,21,22). The van der Waals surface area contributed by atoms with Gasteiger partial charge < -0.3 is 5.32 Å². The molecule has 0 radical (unpaired) electrons. The van der Waals surface area contributed by atoms with E-state index in [1.807, 2.05) is 37.4 Å². The first-order chi connectivity index (χ1) is 12.1. The monoisotopic (exact) mass is 370 g/mol. The molecule has 1 aromatic carbocycles. The van der Waals surface area contributed by atoms with E-state index in [4.69, 9.17) is 0 Å². The summed E-state index contributed by atoms with van der Waals surface area (Å²) < 4.78 is 1.03. The maximum Gasteiger partial charge on any atom is 0.276 e. The van der Waals surface area contributed by atoms with Gasteiger partial charge in [0.2, 0.25) is 0 Å². The molecule has 0 saturated heterocycles. The summed E-state index contributed by atoms with van der Waals surface area (Å²) in [6.07, 6.45) is 2.36. The van der Waals surface area contributed by atoms with Crippen LogP contribution in [0.15, 0.2) is 38.9 Å². The molecule has 5 nitrogen and oxygen atoms in total. The fourth-order valence-corrected chi connectivity index (χ4v) is 4.47. The highest BCUT2D eigenvalue weighted by atomic mass is 32.2. The fraction of sp³-hybridized carbons (Fsp3) is 0.278. The van der Waals surface area contributed by atoms with E-state index in [0.29, 0.717) is 11.6 Å². The second-order valence-electron chi connectivity index (χ2n) is 6.27. The molecule has 7 heteroatoms. The quantitative estimate of drug-likeness (QED) is 0.679. The molecule has 1 aliphatic carbocycles. The number of nitrogens with one attached hydrogen (secondary N) is 2. The van der Waals surface area contributed by atoms with E-state index in [-0.39, 0.29) is 5.91 Å². The molecule has 128 valence electrons. The number of anilines is 1. The number of aromatic nitrogens is 3. The number of nitrogens with zero attached hydrogens (tertiary/aromatic N) is 2. The van der Waals surface area contributed by atoms with Crippen LogP contribution in [0.1, 0.15) is 46.2 Å². The van der Waals surface area contributed by atoms with Crippen LogP contribution in [0.4, 0.5) is 5.69 Å². The number of carbonyl (C=O) groups is 1. The first-order valence-electron chi connectivity index (χ1n) is 8.16. The molecule has 1 aliphatic rings. The molecule has 2 heterocycles. The van der Waals surface area contributed by atoms with Gasteiger partial charge in [-0.2, -0.15) is 5.10 Å². The molecular weight excluding hydrogens is 352 g/mol. The van der Waals surface area contributed by atoms with Crippen LogP contribution in [-0.4, -0.2) is 21.1 Å². The summed E-state index contributed by atoms with van der Waals surface area (Å²) in [5.41, 5.74) is 4.37. The molecular formula is C18H18N4OS2. The van der Waals surface area contributed by atoms with Crippen LogP contribution in [0.5, 0.6) is 0 Å². The lowest BCUT2D eigenvalue weighted by Gasteiger charge is -2.08. The Morgan fingerprint density at radius 3 is 2.84 bits per heavy atom. The molecule has 0 aliphatic heterocycles. The summed E-state index contributed by atoms with van der Waals surface area (Å²) in [7, 11) is 0. The zero-order chi connectivity index (χ0) is 17.4. The average molecular weight is 371 g/mol. The van der Waals surface area contributed by atoms with Gasteiger partial charge in [-0.1, -0.05) is 11.8 Å². The lowest BCUT2D eigenvalue weighted by molar-refractivity contribution is 0.102. The van der Waals surface area contributed by atoms with Gasteiger partial charge in [0.05, 0.1) is 0 Å². The second-order valence-corrected chi connectivity index (χ2v) is 8.45. The Bertz CT molecular complexity index is 927. The number of hydrogen-bond acceptors (Lipinski definition) is 5. The smallest absolute Gasteiger partial charge is 0.276 e. The van der Waals surface area contributed by atoms with Crippen molar-refractivity contribution in [2.45, 2.75) is 41.8 Å². The molecule has 0 spiro atoms. The zero-order valence-corrected chi connectivity index (χ0v) is 15.6. The Balaban J connectivity index is 1.45. The molecule has 3 aromatic rings. The normalized spacial score (nSPS) is 13.8. The number of H-pyrrole nitrogens is 1.